The molecule has 6 heteroatoms. The second-order valence-corrected chi connectivity index (χ2v) is 7.89. The summed E-state index contributed by atoms with van der Waals surface area (Å²) < 4.78 is 24.6. The van der Waals surface area contributed by atoms with Crippen LogP contribution in [-0.2, 0) is 9.84 Å². The van der Waals surface area contributed by atoms with Crippen LogP contribution in [0.3, 0.4) is 0 Å². The maximum Gasteiger partial charge on any atom is 0.179 e. The maximum atomic E-state index is 12.3. The molecule has 0 aliphatic carbocycles. The lowest BCUT2D eigenvalue weighted by Crippen LogP contribution is -2.36. The number of hydrogen-bond acceptors (Lipinski definition) is 4. The van der Waals surface area contributed by atoms with E-state index in [4.69, 9.17) is 11.1 Å². The Morgan fingerprint density at radius 3 is 2.38 bits per heavy atom. The molecule has 0 spiro atoms. The van der Waals surface area contributed by atoms with Crippen LogP contribution in [0.25, 0.3) is 0 Å². The van der Waals surface area contributed by atoms with E-state index in [1.165, 1.54) is 12.1 Å². The summed E-state index contributed by atoms with van der Waals surface area (Å²) in [5.41, 5.74) is 5.91. The highest BCUT2D eigenvalue weighted by Gasteiger charge is 2.20. The average Bonchev–Trinajstić information content (AvgIpc) is 2.47. The number of piperidine rings is 1. The van der Waals surface area contributed by atoms with Crippen molar-refractivity contribution in [2.45, 2.75) is 24.7 Å². The molecule has 1 aliphatic rings. The minimum Gasteiger partial charge on any atom is -0.384 e. The molecule has 0 bridgehead atoms. The van der Waals surface area contributed by atoms with Gasteiger partial charge in [0.15, 0.2) is 9.84 Å². The first kappa shape index (κ1) is 16.0. The quantitative estimate of drug-likeness (QED) is 0.637. The summed E-state index contributed by atoms with van der Waals surface area (Å²) in [7, 11) is -3.27. The number of rotatable bonds is 5. The fourth-order valence-electron chi connectivity index (χ4n) is 2.49. The number of likely N-dealkylation sites (tertiary alicyclic amines) is 1. The maximum absolute atomic E-state index is 12.3. The van der Waals surface area contributed by atoms with E-state index in [1.54, 1.807) is 12.1 Å². The van der Waals surface area contributed by atoms with Gasteiger partial charge in [-0.3, -0.25) is 5.41 Å². The molecule has 0 aromatic heterocycles. The molecular formula is C15H23N3O2S. The van der Waals surface area contributed by atoms with Gasteiger partial charge in [0.25, 0.3) is 0 Å². The second kappa shape index (κ2) is 6.58. The van der Waals surface area contributed by atoms with E-state index >= 15 is 0 Å². The summed E-state index contributed by atoms with van der Waals surface area (Å²) in [4.78, 5) is 2.53. The molecular weight excluding hydrogens is 286 g/mol. The highest BCUT2D eigenvalue weighted by Crippen LogP contribution is 2.17. The van der Waals surface area contributed by atoms with Gasteiger partial charge in [-0.15, -0.1) is 0 Å². The summed E-state index contributed by atoms with van der Waals surface area (Å²) >= 11 is 0. The van der Waals surface area contributed by atoms with Crippen LogP contribution in [0, 0.1) is 11.3 Å². The van der Waals surface area contributed by atoms with Crippen LogP contribution in [0.1, 0.15) is 25.3 Å². The number of sulfone groups is 1. The summed E-state index contributed by atoms with van der Waals surface area (Å²) in [6.45, 7) is 4.80. The average molecular weight is 309 g/mol. The van der Waals surface area contributed by atoms with Crippen LogP contribution in [0.4, 0.5) is 0 Å². The lowest BCUT2D eigenvalue weighted by atomic mass is 9.99. The normalized spacial score (nSPS) is 17.8. The molecule has 1 heterocycles. The van der Waals surface area contributed by atoms with Gasteiger partial charge in [0.2, 0.25) is 0 Å². The van der Waals surface area contributed by atoms with Gasteiger partial charge in [-0.25, -0.2) is 8.42 Å². The van der Waals surface area contributed by atoms with Gasteiger partial charge >= 0.3 is 0 Å². The van der Waals surface area contributed by atoms with Crippen molar-refractivity contribution in [3.63, 3.8) is 0 Å². The van der Waals surface area contributed by atoms with Gasteiger partial charge < -0.3 is 10.6 Å². The lowest BCUT2D eigenvalue weighted by Gasteiger charge is -2.29. The Morgan fingerprint density at radius 2 is 1.86 bits per heavy atom. The second-order valence-electron chi connectivity index (χ2n) is 5.78. The van der Waals surface area contributed by atoms with Crippen LogP contribution in [0.5, 0.6) is 0 Å². The SMILES string of the molecule is CC1CCN(CCS(=O)(=O)c2ccc(C(=N)N)cc2)CC1. The lowest BCUT2D eigenvalue weighted by molar-refractivity contribution is 0.202. The third-order valence-electron chi connectivity index (χ3n) is 4.08. The Hall–Kier alpha value is -1.40. The number of nitrogens with one attached hydrogen (secondary N) is 1. The molecule has 1 aliphatic heterocycles. The zero-order chi connectivity index (χ0) is 15.5. The van der Waals surface area contributed by atoms with Gasteiger partial charge in [-0.1, -0.05) is 19.1 Å². The summed E-state index contributed by atoms with van der Waals surface area (Å²) in [5.74, 6) is 0.833. The Balaban J connectivity index is 1.96. The van der Waals surface area contributed by atoms with Gasteiger partial charge in [0, 0.05) is 12.1 Å². The van der Waals surface area contributed by atoms with Gasteiger partial charge in [0.1, 0.15) is 5.84 Å². The number of nitrogens with two attached hydrogens (primary N) is 1. The number of nitrogen functional groups attached to an aromatic ring is 1. The smallest absolute Gasteiger partial charge is 0.179 e. The van der Waals surface area contributed by atoms with Crippen molar-refractivity contribution in [1.82, 2.24) is 4.90 Å². The van der Waals surface area contributed by atoms with Crippen LogP contribution in [-0.4, -0.2) is 44.5 Å². The molecule has 1 saturated heterocycles. The van der Waals surface area contributed by atoms with Crippen LogP contribution >= 0.6 is 0 Å². The van der Waals surface area contributed by atoms with Crippen molar-refractivity contribution in [3.8, 4) is 0 Å². The topological polar surface area (TPSA) is 87.2 Å². The van der Waals surface area contributed by atoms with Crippen LogP contribution in [0.15, 0.2) is 29.2 Å². The molecule has 116 valence electrons. The number of hydrogen-bond donors (Lipinski definition) is 2. The highest BCUT2D eigenvalue weighted by molar-refractivity contribution is 7.91. The zero-order valence-electron chi connectivity index (χ0n) is 12.4. The van der Waals surface area contributed by atoms with Gasteiger partial charge in [0.05, 0.1) is 10.6 Å². The van der Waals surface area contributed by atoms with Crippen molar-refractivity contribution < 1.29 is 8.42 Å². The van der Waals surface area contributed by atoms with E-state index in [0.717, 1.165) is 31.8 Å². The molecule has 0 saturated carbocycles. The minimum atomic E-state index is -3.27. The number of amidine groups is 1. The third-order valence-corrected chi connectivity index (χ3v) is 5.79. The molecule has 21 heavy (non-hydrogen) atoms. The van der Waals surface area contributed by atoms with Gasteiger partial charge in [-0.2, -0.15) is 0 Å². The van der Waals surface area contributed by atoms with Crippen LogP contribution in [0.2, 0.25) is 0 Å². The van der Waals surface area contributed by atoms with E-state index in [-0.39, 0.29) is 11.6 Å². The molecule has 1 fully saturated rings. The van der Waals surface area contributed by atoms with E-state index in [0.29, 0.717) is 17.0 Å². The summed E-state index contributed by atoms with van der Waals surface area (Å²) in [5, 5.41) is 7.31. The molecule has 1 aromatic carbocycles. The first-order valence-corrected chi connectivity index (χ1v) is 8.93. The molecule has 0 unspecified atom stereocenters. The predicted molar refractivity (Wildman–Crippen MR) is 84.3 cm³/mol. The minimum absolute atomic E-state index is 0.0543. The van der Waals surface area contributed by atoms with Crippen molar-refractivity contribution in [2.24, 2.45) is 11.7 Å². The van der Waals surface area contributed by atoms with E-state index in [2.05, 4.69) is 11.8 Å². The van der Waals surface area contributed by atoms with Crippen molar-refractivity contribution in [3.05, 3.63) is 29.8 Å². The highest BCUT2D eigenvalue weighted by atomic mass is 32.2. The van der Waals surface area contributed by atoms with Crippen molar-refractivity contribution in [1.29, 1.82) is 5.41 Å². The standard InChI is InChI=1S/C15H23N3O2S/c1-12-6-8-18(9-7-12)10-11-21(19,20)14-4-2-13(3-5-14)15(16)17/h2-5,12H,6-11H2,1H3,(H3,16,17). The first-order valence-electron chi connectivity index (χ1n) is 7.28. The van der Waals surface area contributed by atoms with Crippen LogP contribution < -0.4 is 5.73 Å². The molecule has 5 nitrogen and oxygen atoms in total. The summed E-state index contributed by atoms with van der Waals surface area (Å²) in [6.07, 6.45) is 2.29. The number of nitrogens with zero attached hydrogens (tertiary/aromatic N) is 1. The van der Waals surface area contributed by atoms with Gasteiger partial charge in [-0.05, 0) is 44.0 Å². The molecule has 0 atom stereocenters. The Bertz CT molecular complexity index is 588. The van der Waals surface area contributed by atoms with E-state index in [9.17, 15) is 8.42 Å². The van der Waals surface area contributed by atoms with Crippen molar-refractivity contribution in [2.75, 3.05) is 25.4 Å². The Labute approximate surface area is 126 Å². The zero-order valence-corrected chi connectivity index (χ0v) is 13.2. The van der Waals surface area contributed by atoms with Crippen molar-refractivity contribution >= 4 is 15.7 Å². The predicted octanol–water partition coefficient (Wildman–Crippen LogP) is 1.48. The summed E-state index contributed by atoms with van der Waals surface area (Å²) in [6, 6.07) is 6.23. The molecule has 1 aromatic rings. The molecule has 0 amide bonds. The van der Waals surface area contributed by atoms with E-state index < -0.39 is 9.84 Å². The Morgan fingerprint density at radius 1 is 1.29 bits per heavy atom. The van der Waals surface area contributed by atoms with E-state index in [1.807, 2.05) is 0 Å². The fourth-order valence-corrected chi connectivity index (χ4v) is 3.78. The largest absolute Gasteiger partial charge is 0.384 e. The first-order chi connectivity index (χ1) is 9.88. The molecule has 3 N–H and O–H groups in total. The monoisotopic (exact) mass is 309 g/mol. The third kappa shape index (κ3) is 4.28. The molecule has 2 rings (SSSR count). The number of benzene rings is 1. The Kier molecular flexibility index (Phi) is 5.00. The fraction of sp³-hybridized carbons (Fsp3) is 0.533. The molecule has 0 radical (unpaired) electrons.